The van der Waals surface area contributed by atoms with E-state index < -0.39 is 0 Å². The zero-order chi connectivity index (χ0) is 16.8. The SMILES string of the molecule is CN(C)CCNC(=O)c1ccc(Nc2cc(Cl)cc(Cl)c2)nn1. The predicted molar refractivity (Wildman–Crippen MR) is 92.7 cm³/mol. The number of likely N-dealkylation sites (N-methyl/N-ethyl adjacent to an activating group) is 1. The molecule has 122 valence electrons. The number of nitrogens with zero attached hydrogens (tertiary/aromatic N) is 3. The van der Waals surface area contributed by atoms with Gasteiger partial charge >= 0.3 is 0 Å². The Labute approximate surface area is 144 Å². The first-order valence-corrected chi connectivity index (χ1v) is 7.69. The van der Waals surface area contributed by atoms with Crippen LogP contribution in [0.1, 0.15) is 10.5 Å². The van der Waals surface area contributed by atoms with Crippen LogP contribution in [-0.4, -0.2) is 48.2 Å². The van der Waals surface area contributed by atoms with E-state index in [4.69, 9.17) is 23.2 Å². The number of anilines is 2. The average Bonchev–Trinajstić information content (AvgIpc) is 2.46. The van der Waals surface area contributed by atoms with E-state index in [2.05, 4.69) is 20.8 Å². The molecule has 0 unspecified atom stereocenters. The van der Waals surface area contributed by atoms with Crippen LogP contribution in [0.15, 0.2) is 30.3 Å². The van der Waals surface area contributed by atoms with E-state index in [9.17, 15) is 4.79 Å². The van der Waals surface area contributed by atoms with E-state index in [1.165, 1.54) is 0 Å². The minimum Gasteiger partial charge on any atom is -0.349 e. The molecule has 1 aromatic heterocycles. The number of rotatable bonds is 6. The second kappa shape index (κ2) is 8.10. The molecule has 0 atom stereocenters. The van der Waals surface area contributed by atoms with Crippen molar-refractivity contribution in [1.82, 2.24) is 20.4 Å². The Hall–Kier alpha value is -1.89. The van der Waals surface area contributed by atoms with Crippen molar-refractivity contribution in [3.05, 3.63) is 46.1 Å². The summed E-state index contributed by atoms with van der Waals surface area (Å²) in [7, 11) is 3.88. The van der Waals surface area contributed by atoms with Crippen LogP contribution in [-0.2, 0) is 0 Å². The van der Waals surface area contributed by atoms with Crippen molar-refractivity contribution in [3.8, 4) is 0 Å². The fourth-order valence-electron chi connectivity index (χ4n) is 1.78. The highest BCUT2D eigenvalue weighted by Gasteiger charge is 2.08. The molecule has 0 fully saturated rings. The van der Waals surface area contributed by atoms with E-state index in [-0.39, 0.29) is 11.6 Å². The molecule has 2 N–H and O–H groups in total. The quantitative estimate of drug-likeness (QED) is 0.835. The average molecular weight is 354 g/mol. The van der Waals surface area contributed by atoms with Gasteiger partial charge in [-0.3, -0.25) is 4.79 Å². The summed E-state index contributed by atoms with van der Waals surface area (Å²) in [5.74, 6) is 0.241. The molecule has 0 aliphatic rings. The number of hydrogen-bond acceptors (Lipinski definition) is 5. The van der Waals surface area contributed by atoms with Gasteiger partial charge in [0.15, 0.2) is 11.5 Å². The number of carbonyl (C=O) groups is 1. The Kier molecular flexibility index (Phi) is 6.15. The smallest absolute Gasteiger partial charge is 0.271 e. The molecule has 0 radical (unpaired) electrons. The summed E-state index contributed by atoms with van der Waals surface area (Å²) in [6, 6.07) is 8.35. The molecule has 1 aromatic carbocycles. The number of hydrogen-bond donors (Lipinski definition) is 2. The zero-order valence-corrected chi connectivity index (χ0v) is 14.3. The normalized spacial score (nSPS) is 10.7. The number of nitrogens with one attached hydrogen (secondary N) is 2. The maximum absolute atomic E-state index is 11.9. The van der Waals surface area contributed by atoms with Crippen molar-refractivity contribution in [3.63, 3.8) is 0 Å². The molecule has 8 heteroatoms. The molecule has 0 saturated carbocycles. The van der Waals surface area contributed by atoms with E-state index in [0.717, 1.165) is 6.54 Å². The standard InChI is InChI=1S/C15H17Cl2N5O/c1-22(2)6-5-18-15(23)13-3-4-14(21-20-13)19-12-8-10(16)7-11(17)9-12/h3-4,7-9H,5-6H2,1-2H3,(H,18,23)(H,19,21). The monoisotopic (exact) mass is 353 g/mol. The third kappa shape index (κ3) is 5.67. The molecule has 1 heterocycles. The molecule has 0 bridgehead atoms. The molecule has 6 nitrogen and oxygen atoms in total. The van der Waals surface area contributed by atoms with Crippen molar-refractivity contribution in [2.24, 2.45) is 0 Å². The number of halogens is 2. The molecular weight excluding hydrogens is 337 g/mol. The Morgan fingerprint density at radius 1 is 1.13 bits per heavy atom. The topological polar surface area (TPSA) is 70.2 Å². The van der Waals surface area contributed by atoms with Crippen LogP contribution < -0.4 is 10.6 Å². The van der Waals surface area contributed by atoms with E-state index in [0.29, 0.717) is 28.1 Å². The first-order valence-electron chi connectivity index (χ1n) is 6.94. The second-order valence-corrected chi connectivity index (χ2v) is 6.02. The van der Waals surface area contributed by atoms with Crippen molar-refractivity contribution in [2.45, 2.75) is 0 Å². The van der Waals surface area contributed by atoms with Gasteiger partial charge in [0.2, 0.25) is 0 Å². The first-order chi connectivity index (χ1) is 10.9. The van der Waals surface area contributed by atoms with Gasteiger partial charge in [-0.1, -0.05) is 23.2 Å². The Morgan fingerprint density at radius 3 is 2.39 bits per heavy atom. The van der Waals surface area contributed by atoms with Gasteiger partial charge in [0.05, 0.1) is 0 Å². The van der Waals surface area contributed by atoms with Crippen molar-refractivity contribution < 1.29 is 4.79 Å². The van der Waals surface area contributed by atoms with Gasteiger partial charge < -0.3 is 15.5 Å². The largest absolute Gasteiger partial charge is 0.349 e. The number of benzene rings is 1. The molecular formula is C15H17Cl2N5O. The minimum atomic E-state index is -0.253. The first kappa shape index (κ1) is 17.5. The Bertz CT molecular complexity index is 656. The van der Waals surface area contributed by atoms with Crippen LogP contribution in [0.25, 0.3) is 0 Å². The highest BCUT2D eigenvalue weighted by Crippen LogP contribution is 2.24. The predicted octanol–water partition coefficient (Wildman–Crippen LogP) is 2.82. The van der Waals surface area contributed by atoms with Gasteiger partial charge in [-0.15, -0.1) is 10.2 Å². The lowest BCUT2D eigenvalue weighted by Crippen LogP contribution is -2.31. The Morgan fingerprint density at radius 2 is 1.83 bits per heavy atom. The van der Waals surface area contributed by atoms with Crippen molar-refractivity contribution in [2.75, 3.05) is 32.5 Å². The summed E-state index contributed by atoms with van der Waals surface area (Å²) in [6.45, 7) is 1.31. The van der Waals surface area contributed by atoms with Crippen LogP contribution in [0.2, 0.25) is 10.0 Å². The van der Waals surface area contributed by atoms with E-state index in [1.54, 1.807) is 30.3 Å². The summed E-state index contributed by atoms with van der Waals surface area (Å²) in [4.78, 5) is 13.9. The summed E-state index contributed by atoms with van der Waals surface area (Å²) in [5.41, 5.74) is 0.957. The van der Waals surface area contributed by atoms with Gasteiger partial charge in [-0.2, -0.15) is 0 Å². The van der Waals surface area contributed by atoms with Crippen LogP contribution in [0.5, 0.6) is 0 Å². The molecule has 2 rings (SSSR count). The highest BCUT2D eigenvalue weighted by molar-refractivity contribution is 6.35. The number of carbonyl (C=O) groups excluding carboxylic acids is 1. The van der Waals surface area contributed by atoms with Crippen LogP contribution in [0, 0.1) is 0 Å². The van der Waals surface area contributed by atoms with Crippen LogP contribution >= 0.6 is 23.2 Å². The Balaban J connectivity index is 1.97. The minimum absolute atomic E-state index is 0.253. The van der Waals surface area contributed by atoms with Crippen molar-refractivity contribution in [1.29, 1.82) is 0 Å². The third-order valence-electron chi connectivity index (χ3n) is 2.88. The lowest BCUT2D eigenvalue weighted by Gasteiger charge is -2.10. The third-order valence-corrected chi connectivity index (χ3v) is 3.31. The lowest BCUT2D eigenvalue weighted by molar-refractivity contribution is 0.0945. The van der Waals surface area contributed by atoms with Crippen LogP contribution in [0.3, 0.4) is 0 Å². The summed E-state index contributed by atoms with van der Waals surface area (Å²) < 4.78 is 0. The number of amides is 1. The molecule has 0 spiro atoms. The van der Waals surface area contributed by atoms with Gasteiger partial charge in [0, 0.05) is 28.8 Å². The molecule has 2 aromatic rings. The zero-order valence-electron chi connectivity index (χ0n) is 12.8. The fraction of sp³-hybridized carbons (Fsp3) is 0.267. The summed E-state index contributed by atoms with van der Waals surface area (Å²) in [5, 5.41) is 14.7. The van der Waals surface area contributed by atoms with Gasteiger partial charge in [0.25, 0.3) is 5.91 Å². The highest BCUT2D eigenvalue weighted by atomic mass is 35.5. The maximum atomic E-state index is 11.9. The summed E-state index contributed by atoms with van der Waals surface area (Å²) >= 11 is 11.9. The summed E-state index contributed by atoms with van der Waals surface area (Å²) in [6.07, 6.45) is 0. The number of aromatic nitrogens is 2. The van der Waals surface area contributed by atoms with Crippen molar-refractivity contribution >= 4 is 40.6 Å². The van der Waals surface area contributed by atoms with Gasteiger partial charge in [-0.05, 0) is 44.4 Å². The maximum Gasteiger partial charge on any atom is 0.271 e. The van der Waals surface area contributed by atoms with Gasteiger partial charge in [-0.25, -0.2) is 0 Å². The molecule has 0 aliphatic carbocycles. The molecule has 0 saturated heterocycles. The van der Waals surface area contributed by atoms with Gasteiger partial charge in [0.1, 0.15) is 0 Å². The van der Waals surface area contributed by atoms with E-state index >= 15 is 0 Å². The lowest BCUT2D eigenvalue weighted by atomic mass is 10.3. The molecule has 1 amide bonds. The second-order valence-electron chi connectivity index (χ2n) is 5.15. The van der Waals surface area contributed by atoms with E-state index in [1.807, 2.05) is 19.0 Å². The molecule has 0 aliphatic heterocycles. The fourth-order valence-corrected chi connectivity index (χ4v) is 2.30. The van der Waals surface area contributed by atoms with Crippen LogP contribution in [0.4, 0.5) is 11.5 Å². The molecule has 23 heavy (non-hydrogen) atoms.